The third-order valence-electron chi connectivity index (χ3n) is 3.94. The van der Waals surface area contributed by atoms with Crippen molar-refractivity contribution in [3.8, 4) is 0 Å². The average Bonchev–Trinajstić information content (AvgIpc) is 2.55. The molecule has 134 valence electrons. The van der Waals surface area contributed by atoms with Gasteiger partial charge in [-0.15, -0.1) is 0 Å². The van der Waals surface area contributed by atoms with Crippen LogP contribution in [0.5, 0.6) is 0 Å². The van der Waals surface area contributed by atoms with Crippen molar-refractivity contribution in [1.82, 2.24) is 0 Å². The molecule has 2 aromatic carbocycles. The maximum atomic E-state index is 12.8. The Kier molecular flexibility index (Phi) is 5.43. The summed E-state index contributed by atoms with van der Waals surface area (Å²) in [6, 6.07) is 9.97. The number of aryl methyl sites for hydroxylation is 1. The molecule has 1 heterocycles. The summed E-state index contributed by atoms with van der Waals surface area (Å²) in [6.07, 6.45) is 0. The van der Waals surface area contributed by atoms with E-state index in [2.05, 4.69) is 4.72 Å². The van der Waals surface area contributed by atoms with Crippen LogP contribution in [0.1, 0.15) is 5.56 Å². The van der Waals surface area contributed by atoms with Crippen LogP contribution in [0.2, 0.25) is 10.0 Å². The first kappa shape index (κ1) is 18.3. The van der Waals surface area contributed by atoms with Crippen LogP contribution in [-0.2, 0) is 14.8 Å². The minimum absolute atomic E-state index is 0.0349. The van der Waals surface area contributed by atoms with Crippen molar-refractivity contribution in [3.05, 3.63) is 52.0 Å². The van der Waals surface area contributed by atoms with Gasteiger partial charge in [0.25, 0.3) is 10.0 Å². The lowest BCUT2D eigenvalue weighted by Gasteiger charge is -2.31. The summed E-state index contributed by atoms with van der Waals surface area (Å²) in [5, 5.41) is 0.666. The highest BCUT2D eigenvalue weighted by atomic mass is 35.5. The minimum atomic E-state index is -3.84. The fourth-order valence-electron chi connectivity index (χ4n) is 2.73. The first-order valence-electron chi connectivity index (χ1n) is 7.79. The molecule has 0 saturated carbocycles. The number of para-hydroxylation sites is 1. The molecular weight excluding hydrogens is 383 g/mol. The molecule has 8 heteroatoms. The number of hydrogen-bond acceptors (Lipinski definition) is 4. The predicted octanol–water partition coefficient (Wildman–Crippen LogP) is 3.94. The van der Waals surface area contributed by atoms with Gasteiger partial charge in [-0.1, -0.05) is 35.3 Å². The Balaban J connectivity index is 1.98. The number of nitrogens with zero attached hydrogens (tertiary/aromatic N) is 1. The molecular formula is C17H18Cl2N2O3S. The van der Waals surface area contributed by atoms with E-state index in [1.165, 1.54) is 6.07 Å². The molecule has 1 fully saturated rings. The highest BCUT2D eigenvalue weighted by Crippen LogP contribution is 2.36. The summed E-state index contributed by atoms with van der Waals surface area (Å²) in [4.78, 5) is 2.05. The van der Waals surface area contributed by atoms with E-state index < -0.39 is 10.0 Å². The largest absolute Gasteiger partial charge is 0.378 e. The molecule has 3 rings (SSSR count). The molecule has 0 amide bonds. The van der Waals surface area contributed by atoms with Crippen molar-refractivity contribution in [1.29, 1.82) is 0 Å². The van der Waals surface area contributed by atoms with Gasteiger partial charge in [-0.05, 0) is 36.8 Å². The maximum Gasteiger partial charge on any atom is 0.263 e. The van der Waals surface area contributed by atoms with Crippen LogP contribution < -0.4 is 9.62 Å². The molecule has 0 aromatic heterocycles. The van der Waals surface area contributed by atoms with Crippen LogP contribution in [0.25, 0.3) is 0 Å². The maximum absolute atomic E-state index is 12.8. The van der Waals surface area contributed by atoms with E-state index in [9.17, 15) is 8.42 Å². The van der Waals surface area contributed by atoms with E-state index in [4.69, 9.17) is 27.9 Å². The van der Waals surface area contributed by atoms with Gasteiger partial charge in [0.2, 0.25) is 0 Å². The number of morpholine rings is 1. The van der Waals surface area contributed by atoms with Crippen LogP contribution in [0.4, 0.5) is 11.4 Å². The van der Waals surface area contributed by atoms with Gasteiger partial charge in [-0.2, -0.15) is 0 Å². The minimum Gasteiger partial charge on any atom is -0.378 e. The van der Waals surface area contributed by atoms with Crippen LogP contribution in [0.3, 0.4) is 0 Å². The fourth-order valence-corrected chi connectivity index (χ4v) is 4.69. The lowest BCUT2D eigenvalue weighted by molar-refractivity contribution is 0.123. The predicted molar refractivity (Wildman–Crippen MR) is 101 cm³/mol. The van der Waals surface area contributed by atoms with Gasteiger partial charge in [0, 0.05) is 13.1 Å². The zero-order valence-corrected chi connectivity index (χ0v) is 16.0. The molecule has 1 aliphatic heterocycles. The summed E-state index contributed by atoms with van der Waals surface area (Å²) in [5.41, 5.74) is 1.96. The van der Waals surface area contributed by atoms with E-state index in [1.807, 2.05) is 11.8 Å². The first-order valence-corrected chi connectivity index (χ1v) is 10.0. The smallest absolute Gasteiger partial charge is 0.263 e. The Morgan fingerprint density at radius 1 is 1.08 bits per heavy atom. The highest BCUT2D eigenvalue weighted by molar-refractivity contribution is 7.92. The second-order valence-electron chi connectivity index (χ2n) is 5.77. The van der Waals surface area contributed by atoms with E-state index >= 15 is 0 Å². The van der Waals surface area contributed by atoms with Gasteiger partial charge in [-0.25, -0.2) is 8.42 Å². The average molecular weight is 401 g/mol. The first-order chi connectivity index (χ1) is 11.9. The van der Waals surface area contributed by atoms with Gasteiger partial charge in [0.1, 0.15) is 4.90 Å². The molecule has 0 spiro atoms. The molecule has 2 aromatic rings. The number of benzene rings is 2. The highest BCUT2D eigenvalue weighted by Gasteiger charge is 2.23. The van der Waals surface area contributed by atoms with Crippen molar-refractivity contribution < 1.29 is 13.2 Å². The molecule has 25 heavy (non-hydrogen) atoms. The van der Waals surface area contributed by atoms with Crippen LogP contribution >= 0.6 is 23.2 Å². The Bertz CT molecular complexity index is 881. The number of nitrogens with one attached hydrogen (secondary N) is 1. The van der Waals surface area contributed by atoms with Crippen molar-refractivity contribution in [2.45, 2.75) is 11.8 Å². The van der Waals surface area contributed by atoms with Crippen molar-refractivity contribution in [3.63, 3.8) is 0 Å². The van der Waals surface area contributed by atoms with E-state index in [0.29, 0.717) is 42.7 Å². The quantitative estimate of drug-likeness (QED) is 0.843. The normalized spacial score (nSPS) is 15.2. The second kappa shape index (κ2) is 7.41. The Labute approximate surface area is 157 Å². The van der Waals surface area contributed by atoms with Crippen LogP contribution in [0.15, 0.2) is 41.3 Å². The number of halogens is 2. The van der Waals surface area contributed by atoms with E-state index in [1.54, 1.807) is 30.3 Å². The summed E-state index contributed by atoms with van der Waals surface area (Å²) in [7, 11) is -3.84. The topological polar surface area (TPSA) is 58.6 Å². The van der Waals surface area contributed by atoms with Gasteiger partial charge < -0.3 is 9.64 Å². The Hall–Kier alpha value is -1.47. The number of rotatable bonds is 4. The van der Waals surface area contributed by atoms with Crippen molar-refractivity contribution in [2.75, 3.05) is 35.9 Å². The summed E-state index contributed by atoms with van der Waals surface area (Å²) >= 11 is 12.5. The molecule has 0 radical (unpaired) electrons. The Morgan fingerprint density at radius 2 is 1.80 bits per heavy atom. The van der Waals surface area contributed by atoms with Crippen molar-refractivity contribution in [2.24, 2.45) is 0 Å². The summed E-state index contributed by atoms with van der Waals surface area (Å²) in [5.74, 6) is 0. The van der Waals surface area contributed by atoms with Gasteiger partial charge in [0.15, 0.2) is 0 Å². The third kappa shape index (κ3) is 4.03. The molecule has 1 aliphatic rings. The molecule has 0 unspecified atom stereocenters. The fraction of sp³-hybridized carbons (Fsp3) is 0.294. The van der Waals surface area contributed by atoms with E-state index in [-0.39, 0.29) is 9.92 Å². The number of sulfonamides is 1. The van der Waals surface area contributed by atoms with Crippen LogP contribution in [-0.4, -0.2) is 34.7 Å². The third-order valence-corrected chi connectivity index (χ3v) is 6.09. The molecule has 5 nitrogen and oxygen atoms in total. The standard InChI is InChI=1S/C17H18Cl2N2O3S/c1-12-5-6-16(14(19)11-12)25(22,23)20-15-4-2-3-13(18)17(15)21-7-9-24-10-8-21/h2-6,11,20H,7-10H2,1H3. The second-order valence-corrected chi connectivity index (χ2v) is 8.24. The number of hydrogen-bond donors (Lipinski definition) is 1. The van der Waals surface area contributed by atoms with Gasteiger partial charge >= 0.3 is 0 Å². The Morgan fingerprint density at radius 3 is 2.48 bits per heavy atom. The zero-order chi connectivity index (χ0) is 18.0. The molecule has 0 atom stereocenters. The number of ether oxygens (including phenoxy) is 1. The zero-order valence-electron chi connectivity index (χ0n) is 13.6. The molecule has 0 bridgehead atoms. The summed E-state index contributed by atoms with van der Waals surface area (Å²) in [6.45, 7) is 4.28. The molecule has 1 N–H and O–H groups in total. The van der Waals surface area contributed by atoms with Crippen LogP contribution in [0, 0.1) is 6.92 Å². The van der Waals surface area contributed by atoms with Gasteiger partial charge in [0.05, 0.1) is 34.6 Å². The van der Waals surface area contributed by atoms with E-state index in [0.717, 1.165) is 5.56 Å². The van der Waals surface area contributed by atoms with Crippen molar-refractivity contribution >= 4 is 44.6 Å². The number of anilines is 2. The monoisotopic (exact) mass is 400 g/mol. The lowest BCUT2D eigenvalue weighted by atomic mass is 10.2. The summed E-state index contributed by atoms with van der Waals surface area (Å²) < 4.78 is 33.6. The molecule has 0 aliphatic carbocycles. The van der Waals surface area contributed by atoms with Gasteiger partial charge in [-0.3, -0.25) is 4.72 Å². The molecule has 1 saturated heterocycles. The SMILES string of the molecule is Cc1ccc(S(=O)(=O)Nc2cccc(Cl)c2N2CCOCC2)c(Cl)c1. The lowest BCUT2D eigenvalue weighted by Crippen LogP contribution is -2.37.